The molecule has 0 saturated carbocycles. The van der Waals surface area contributed by atoms with E-state index >= 15 is 0 Å². The first-order valence-corrected chi connectivity index (χ1v) is 35.9. The highest BCUT2D eigenvalue weighted by Gasteiger charge is 2.28. The zero-order valence-electron chi connectivity index (χ0n) is 60.8. The average molecular weight is 1430 g/mol. The first kappa shape index (κ1) is 83.7. The molecule has 22 heteroatoms. The maximum atomic E-state index is 14.9. The number of fused-ring (bicyclic) bond motifs is 8. The second-order valence-electron chi connectivity index (χ2n) is 24.2. The molecule has 103 heavy (non-hydrogen) atoms. The van der Waals surface area contributed by atoms with Crippen LogP contribution in [0.1, 0.15) is 237 Å². The van der Waals surface area contributed by atoms with Gasteiger partial charge >= 0.3 is 41.8 Å². The maximum Gasteiger partial charge on any atom is 0.331 e. The van der Waals surface area contributed by atoms with Crippen LogP contribution in [0, 0.1) is 0 Å². The fourth-order valence-corrected chi connectivity index (χ4v) is 11.3. The second kappa shape index (κ2) is 46.5. The summed E-state index contributed by atoms with van der Waals surface area (Å²) < 4.78 is 64.1. The van der Waals surface area contributed by atoms with Crippen LogP contribution in [-0.4, -0.2) is 138 Å². The fraction of sp³-hybridized carbons (Fsp3) is 0.469. The molecule has 8 bridgehead atoms. The molecular formula is C81H100O22. The first-order valence-electron chi connectivity index (χ1n) is 35.9. The molecule has 1 aliphatic carbocycles. The summed E-state index contributed by atoms with van der Waals surface area (Å²) in [5, 5.41) is 0. The summed E-state index contributed by atoms with van der Waals surface area (Å²) >= 11 is 0. The topological polar surface area (TPSA) is 289 Å². The SMILES string of the molecule is C=CC(=O)OCCOc1c2cc(C(=O)CCCCC)cc1Cc1cc(C(=O)CCCCC)cc(c1OCCOC(=O)/C=C\C(=O)OCC)Cc1cc(C(=O)CCCCC)cc(c1OCCOC(=O)/C=C\C(=O)OCC)Cc1cc(C(=O)CCCCC)cc(c1OCCOC(=O)/C=C\C(=O)OCC)C2. The predicted octanol–water partition coefficient (Wildman–Crippen LogP) is 13.6. The molecule has 4 aromatic rings. The smallest absolute Gasteiger partial charge is 0.331 e. The number of Topliss-reactive ketones (excluding diaryl/α,β-unsaturated/α-hetero) is 4. The highest BCUT2D eigenvalue weighted by Crippen LogP contribution is 2.42. The number of rotatable bonds is 46. The number of benzene rings is 4. The summed E-state index contributed by atoms with van der Waals surface area (Å²) in [6.45, 7) is 14.3. The summed E-state index contributed by atoms with van der Waals surface area (Å²) in [6, 6.07) is 13.7. The van der Waals surface area contributed by atoms with Crippen LogP contribution in [0.5, 0.6) is 23.0 Å². The summed E-state index contributed by atoms with van der Waals surface area (Å²) in [5.74, 6) is -5.55. The quantitative estimate of drug-likeness (QED) is 0.0115. The van der Waals surface area contributed by atoms with E-state index in [9.17, 15) is 52.7 Å². The Kier molecular flexibility index (Phi) is 37.8. The molecule has 0 atom stereocenters. The molecule has 22 nitrogen and oxygen atoms in total. The Morgan fingerprint density at radius 1 is 0.282 bits per heavy atom. The standard InChI is InChI=1S/C81H100O22/c1-9-17-21-25-67(82)55-43-59-51-61-45-56(68(83)26-22-18-10-2)47-63(79(61)101-40-36-97-75(90)32-29-72(87)93-14-6)53-65-49-58(70(85)28-24-20-12-4)50-66(81(65)103-42-38-99-77(92)34-31-74(89)95-16-8)54-64-48-57(69(84)27-23-19-11-3)46-62(52-60(44-55)78(59)100-39-35-96-71(86)13-5)80(64)102-41-37-98-76(91)33-30-73(88)94-15-7/h13,29-34,43-50H,5,9-12,14-28,35-42,51-54H2,1-4,6-8H3/b32-29-,33-30-,34-31-. The van der Waals surface area contributed by atoms with Gasteiger partial charge in [0.2, 0.25) is 0 Å². The largest absolute Gasteiger partial charge is 0.489 e. The van der Waals surface area contributed by atoms with E-state index < -0.39 is 41.8 Å². The number of ketones is 4. The van der Waals surface area contributed by atoms with Crippen molar-refractivity contribution in [2.75, 3.05) is 72.7 Å². The normalized spacial score (nSPS) is 11.7. The summed E-state index contributed by atoms with van der Waals surface area (Å²) in [5.41, 5.74) is 4.35. The number of carbonyl (C=O) groups excluding carboxylic acids is 11. The summed E-state index contributed by atoms with van der Waals surface area (Å²) in [6.07, 6.45) is 15.4. The Bertz CT molecular complexity index is 3510. The molecule has 0 heterocycles. The Hall–Kier alpha value is -9.99. The number of unbranched alkanes of at least 4 members (excludes halogenated alkanes) is 8. The molecular weight excluding hydrogens is 1320 g/mol. The van der Waals surface area contributed by atoms with Crippen molar-refractivity contribution in [1.82, 2.24) is 0 Å². The minimum atomic E-state index is -0.875. The highest BCUT2D eigenvalue weighted by atomic mass is 16.6. The predicted molar refractivity (Wildman–Crippen MR) is 384 cm³/mol. The molecule has 0 saturated heterocycles. The molecule has 0 aromatic heterocycles. The molecule has 0 fully saturated rings. The van der Waals surface area contributed by atoms with Crippen LogP contribution in [0.15, 0.2) is 97.6 Å². The third-order valence-corrected chi connectivity index (χ3v) is 16.2. The van der Waals surface area contributed by atoms with Crippen LogP contribution in [0.4, 0.5) is 0 Å². The number of hydrogen-bond acceptors (Lipinski definition) is 22. The van der Waals surface area contributed by atoms with Crippen molar-refractivity contribution < 1.29 is 105 Å². The molecule has 556 valence electrons. The number of hydrogen-bond donors (Lipinski definition) is 0. The van der Waals surface area contributed by atoms with E-state index in [2.05, 4.69) is 6.58 Å². The van der Waals surface area contributed by atoms with Gasteiger partial charge < -0.3 is 52.1 Å². The van der Waals surface area contributed by atoms with Gasteiger partial charge in [0, 0.05) is 116 Å². The van der Waals surface area contributed by atoms with Gasteiger partial charge in [0.15, 0.2) is 23.1 Å². The van der Waals surface area contributed by atoms with Crippen molar-refractivity contribution in [2.24, 2.45) is 0 Å². The molecule has 4 aromatic carbocycles. The van der Waals surface area contributed by atoms with Gasteiger partial charge in [-0.05, 0) is 139 Å². The summed E-state index contributed by atoms with van der Waals surface area (Å²) in [4.78, 5) is 148. The number of ether oxygens (including phenoxy) is 11. The van der Waals surface area contributed by atoms with Crippen LogP contribution >= 0.6 is 0 Å². The Morgan fingerprint density at radius 2 is 0.476 bits per heavy atom. The van der Waals surface area contributed by atoms with Gasteiger partial charge in [-0.2, -0.15) is 0 Å². The molecule has 0 aliphatic heterocycles. The van der Waals surface area contributed by atoms with E-state index in [4.69, 9.17) is 52.1 Å². The number of esters is 7. The van der Waals surface area contributed by atoms with E-state index in [1.165, 1.54) is 0 Å². The van der Waals surface area contributed by atoms with Crippen LogP contribution in [-0.2, 0) is 92.4 Å². The zero-order chi connectivity index (χ0) is 74.9. The molecule has 0 unspecified atom stereocenters. The minimum Gasteiger partial charge on any atom is -0.489 e. The Balaban J connectivity index is 2.00. The second-order valence-corrected chi connectivity index (χ2v) is 24.2. The summed E-state index contributed by atoms with van der Waals surface area (Å²) in [7, 11) is 0. The zero-order valence-corrected chi connectivity index (χ0v) is 60.8. The van der Waals surface area contributed by atoms with Crippen molar-refractivity contribution in [3.8, 4) is 23.0 Å². The van der Waals surface area contributed by atoms with Gasteiger partial charge in [-0.3, -0.25) is 19.2 Å². The van der Waals surface area contributed by atoms with Gasteiger partial charge in [0.25, 0.3) is 0 Å². The van der Waals surface area contributed by atoms with E-state index in [-0.39, 0.29) is 176 Å². The van der Waals surface area contributed by atoms with Crippen LogP contribution in [0.25, 0.3) is 0 Å². The van der Waals surface area contributed by atoms with Crippen molar-refractivity contribution in [3.63, 3.8) is 0 Å². The molecule has 0 amide bonds. The maximum absolute atomic E-state index is 14.9. The van der Waals surface area contributed by atoms with Crippen molar-refractivity contribution in [1.29, 1.82) is 0 Å². The first-order chi connectivity index (χ1) is 49.8. The monoisotopic (exact) mass is 1420 g/mol. The van der Waals surface area contributed by atoms with Crippen molar-refractivity contribution in [3.05, 3.63) is 164 Å². The Morgan fingerprint density at radius 3 is 0.660 bits per heavy atom. The van der Waals surface area contributed by atoms with Gasteiger partial charge in [-0.25, -0.2) is 33.6 Å². The van der Waals surface area contributed by atoms with Crippen LogP contribution in [0.2, 0.25) is 0 Å². The van der Waals surface area contributed by atoms with E-state index in [0.29, 0.717) is 86.9 Å². The van der Waals surface area contributed by atoms with Crippen LogP contribution in [0.3, 0.4) is 0 Å². The molecule has 0 N–H and O–H groups in total. The highest BCUT2D eigenvalue weighted by molar-refractivity contribution is 6.00. The molecule has 0 spiro atoms. The lowest BCUT2D eigenvalue weighted by atomic mass is 9.86. The third kappa shape index (κ3) is 29.1. The Labute approximate surface area is 604 Å². The lowest BCUT2D eigenvalue weighted by molar-refractivity contribution is -0.140. The molecule has 1 aliphatic rings. The number of carbonyl (C=O) groups is 11. The van der Waals surface area contributed by atoms with Gasteiger partial charge in [0.05, 0.1) is 19.8 Å². The fourth-order valence-electron chi connectivity index (χ4n) is 11.3. The molecule has 0 radical (unpaired) electrons. The van der Waals surface area contributed by atoms with E-state index in [0.717, 1.165) is 93.9 Å². The van der Waals surface area contributed by atoms with Gasteiger partial charge in [-0.1, -0.05) is 85.6 Å². The lowest BCUT2D eigenvalue weighted by Gasteiger charge is -2.25. The van der Waals surface area contributed by atoms with Gasteiger partial charge in [0.1, 0.15) is 75.9 Å². The third-order valence-electron chi connectivity index (χ3n) is 16.2. The van der Waals surface area contributed by atoms with Gasteiger partial charge in [-0.15, -0.1) is 0 Å². The van der Waals surface area contributed by atoms with E-state index in [1.54, 1.807) is 69.3 Å². The van der Waals surface area contributed by atoms with Crippen LogP contribution < -0.4 is 18.9 Å². The average Bonchev–Trinajstić information content (AvgIpc) is 0.771. The van der Waals surface area contributed by atoms with Crippen molar-refractivity contribution in [2.45, 2.75) is 177 Å². The lowest BCUT2D eigenvalue weighted by Crippen LogP contribution is -2.17. The van der Waals surface area contributed by atoms with E-state index in [1.807, 2.05) is 27.7 Å². The molecule has 5 rings (SSSR count). The van der Waals surface area contributed by atoms with Crippen molar-refractivity contribution >= 4 is 64.9 Å². The minimum absolute atomic E-state index is 0.0760.